The highest BCUT2D eigenvalue weighted by atomic mass is 16.5. The normalized spacial score (nSPS) is 13.8. The number of benzene rings is 2. The van der Waals surface area contributed by atoms with Gasteiger partial charge in [-0.15, -0.1) is 0 Å². The number of pyridine rings is 1. The van der Waals surface area contributed by atoms with Gasteiger partial charge in [0.1, 0.15) is 11.6 Å². The second-order valence-corrected chi connectivity index (χ2v) is 8.97. The maximum atomic E-state index is 11.6. The van der Waals surface area contributed by atoms with Crippen molar-refractivity contribution >= 4 is 22.7 Å². The summed E-state index contributed by atoms with van der Waals surface area (Å²) in [5, 5.41) is 13.9. The number of nitrogens with one attached hydrogen (secondary N) is 2. The van der Waals surface area contributed by atoms with Crippen LogP contribution in [-0.2, 0) is 17.6 Å². The highest BCUT2D eigenvalue weighted by Gasteiger charge is 2.20. The first-order valence-corrected chi connectivity index (χ1v) is 11.8. The van der Waals surface area contributed by atoms with Gasteiger partial charge in [0.2, 0.25) is 0 Å². The highest BCUT2D eigenvalue weighted by molar-refractivity contribution is 5.82. The molecule has 0 saturated heterocycles. The number of carbonyl (C=O) groups is 1. The van der Waals surface area contributed by atoms with Crippen LogP contribution in [0, 0.1) is 6.92 Å². The molecule has 0 spiro atoms. The van der Waals surface area contributed by atoms with Crippen molar-refractivity contribution in [1.82, 2.24) is 9.97 Å². The van der Waals surface area contributed by atoms with Crippen LogP contribution in [0.4, 0.5) is 5.82 Å². The maximum Gasteiger partial charge on any atom is 0.304 e. The lowest BCUT2D eigenvalue weighted by atomic mass is 9.92. The predicted molar refractivity (Wildman–Crippen MR) is 134 cm³/mol. The quantitative estimate of drug-likeness (QED) is 0.329. The molecule has 0 amide bonds. The molecule has 0 fully saturated rings. The minimum absolute atomic E-state index is 0.0296. The average molecular weight is 456 g/mol. The van der Waals surface area contributed by atoms with E-state index in [2.05, 4.69) is 22.4 Å². The van der Waals surface area contributed by atoms with Crippen molar-refractivity contribution in [3.63, 3.8) is 0 Å². The van der Waals surface area contributed by atoms with Gasteiger partial charge in [-0.2, -0.15) is 0 Å². The van der Waals surface area contributed by atoms with Gasteiger partial charge in [0.15, 0.2) is 0 Å². The van der Waals surface area contributed by atoms with Crippen molar-refractivity contribution in [3.05, 3.63) is 88.7 Å². The SMILES string of the molecule is Cc1ccc(C(CC(=O)O)c2cc3cc(OCCc4ccc5c(n4)NCCC5)ccc3[nH]2)cc1. The summed E-state index contributed by atoms with van der Waals surface area (Å²) in [6.45, 7) is 3.55. The van der Waals surface area contributed by atoms with Crippen LogP contribution < -0.4 is 10.1 Å². The zero-order valence-corrected chi connectivity index (χ0v) is 19.3. The molecule has 3 heterocycles. The summed E-state index contributed by atoms with van der Waals surface area (Å²) in [6, 6.07) is 20.3. The van der Waals surface area contributed by atoms with Gasteiger partial charge < -0.3 is 20.1 Å². The third kappa shape index (κ3) is 4.91. The monoisotopic (exact) mass is 455 g/mol. The third-order valence-corrected chi connectivity index (χ3v) is 6.43. The smallest absolute Gasteiger partial charge is 0.304 e. The topological polar surface area (TPSA) is 87.2 Å². The van der Waals surface area contributed by atoms with E-state index >= 15 is 0 Å². The van der Waals surface area contributed by atoms with Crippen LogP contribution in [0.15, 0.2) is 60.7 Å². The zero-order chi connectivity index (χ0) is 23.5. The molecular weight excluding hydrogens is 426 g/mol. The number of rotatable bonds is 8. The molecule has 1 aliphatic rings. The molecule has 0 saturated carbocycles. The van der Waals surface area contributed by atoms with Gasteiger partial charge in [-0.1, -0.05) is 35.9 Å². The van der Waals surface area contributed by atoms with Gasteiger partial charge in [-0.05, 0) is 61.2 Å². The first kappa shape index (κ1) is 22.0. The summed E-state index contributed by atoms with van der Waals surface area (Å²) in [6.07, 6.45) is 3.01. The Balaban J connectivity index is 1.30. The van der Waals surface area contributed by atoms with Crippen LogP contribution in [0.2, 0.25) is 0 Å². The number of nitrogens with zero attached hydrogens (tertiary/aromatic N) is 1. The van der Waals surface area contributed by atoms with Crippen LogP contribution in [0.1, 0.15) is 46.8 Å². The second-order valence-electron chi connectivity index (χ2n) is 8.97. The molecule has 6 heteroatoms. The number of anilines is 1. The van der Waals surface area contributed by atoms with E-state index in [1.165, 1.54) is 5.56 Å². The number of aryl methyl sites for hydroxylation is 2. The van der Waals surface area contributed by atoms with Crippen molar-refractivity contribution in [1.29, 1.82) is 0 Å². The molecule has 2 aromatic carbocycles. The fourth-order valence-electron chi connectivity index (χ4n) is 4.57. The van der Waals surface area contributed by atoms with Crippen LogP contribution in [0.5, 0.6) is 5.75 Å². The number of hydrogen-bond acceptors (Lipinski definition) is 4. The van der Waals surface area contributed by atoms with E-state index in [9.17, 15) is 9.90 Å². The molecule has 3 N–H and O–H groups in total. The Morgan fingerprint density at radius 3 is 2.79 bits per heavy atom. The Morgan fingerprint density at radius 1 is 1.12 bits per heavy atom. The minimum Gasteiger partial charge on any atom is -0.493 e. The maximum absolute atomic E-state index is 11.6. The molecule has 34 heavy (non-hydrogen) atoms. The van der Waals surface area contributed by atoms with E-state index in [1.807, 2.05) is 55.5 Å². The number of aromatic amines is 1. The first-order chi connectivity index (χ1) is 16.5. The Labute approximate surface area is 199 Å². The standard InChI is InChI=1S/C28H29N3O3/c1-18-4-6-19(7-5-18)24(17-27(32)33)26-16-21-15-23(10-11-25(21)31-26)34-14-12-22-9-8-20-3-2-13-29-28(20)30-22/h4-11,15-16,24,31H,2-3,12-14,17H2,1H3,(H,29,30)(H,32,33). The van der Waals surface area contributed by atoms with Crippen LogP contribution in [0.3, 0.4) is 0 Å². The first-order valence-electron chi connectivity index (χ1n) is 11.8. The number of carboxylic acid groups (broad SMARTS) is 1. The van der Waals surface area contributed by atoms with Gasteiger partial charge >= 0.3 is 5.97 Å². The van der Waals surface area contributed by atoms with Crippen molar-refractivity contribution in [2.75, 3.05) is 18.5 Å². The van der Waals surface area contributed by atoms with E-state index in [1.54, 1.807) is 0 Å². The fourth-order valence-corrected chi connectivity index (χ4v) is 4.57. The van der Waals surface area contributed by atoms with Crippen LogP contribution >= 0.6 is 0 Å². The molecule has 1 unspecified atom stereocenters. The summed E-state index contributed by atoms with van der Waals surface area (Å²) in [7, 11) is 0. The Morgan fingerprint density at radius 2 is 1.97 bits per heavy atom. The van der Waals surface area contributed by atoms with Crippen molar-refractivity contribution in [2.24, 2.45) is 0 Å². The Bertz CT molecular complexity index is 1310. The lowest BCUT2D eigenvalue weighted by molar-refractivity contribution is -0.137. The van der Waals surface area contributed by atoms with Crippen LogP contribution in [0.25, 0.3) is 10.9 Å². The molecule has 2 aromatic heterocycles. The van der Waals surface area contributed by atoms with Gasteiger partial charge in [0.05, 0.1) is 13.0 Å². The Hall–Kier alpha value is -3.80. The molecular formula is C28H29N3O3. The molecule has 0 radical (unpaired) electrons. The molecule has 1 atom stereocenters. The van der Waals surface area contributed by atoms with Crippen molar-refractivity contribution in [3.8, 4) is 5.75 Å². The molecule has 174 valence electrons. The average Bonchev–Trinajstić information content (AvgIpc) is 3.26. The predicted octanol–water partition coefficient (Wildman–Crippen LogP) is 5.46. The summed E-state index contributed by atoms with van der Waals surface area (Å²) in [5.41, 5.74) is 6.31. The number of fused-ring (bicyclic) bond motifs is 2. The largest absolute Gasteiger partial charge is 0.493 e. The molecule has 5 rings (SSSR count). The van der Waals surface area contributed by atoms with Gasteiger partial charge in [0.25, 0.3) is 0 Å². The lowest BCUT2D eigenvalue weighted by Crippen LogP contribution is -2.14. The molecule has 0 bridgehead atoms. The van der Waals surface area contributed by atoms with Gasteiger partial charge in [-0.3, -0.25) is 4.79 Å². The van der Waals surface area contributed by atoms with Crippen LogP contribution in [-0.4, -0.2) is 34.2 Å². The zero-order valence-electron chi connectivity index (χ0n) is 19.3. The third-order valence-electron chi connectivity index (χ3n) is 6.43. The van der Waals surface area contributed by atoms with Gasteiger partial charge in [0, 0.05) is 41.2 Å². The number of H-pyrrole nitrogens is 1. The lowest BCUT2D eigenvalue weighted by Gasteiger charge is -2.17. The summed E-state index contributed by atoms with van der Waals surface area (Å²) in [5.74, 6) is 0.742. The number of aliphatic carboxylic acids is 1. The summed E-state index contributed by atoms with van der Waals surface area (Å²) < 4.78 is 6.03. The van der Waals surface area contributed by atoms with E-state index in [0.29, 0.717) is 6.61 Å². The molecule has 0 aliphatic carbocycles. The summed E-state index contributed by atoms with van der Waals surface area (Å²) >= 11 is 0. The number of hydrogen-bond donors (Lipinski definition) is 3. The second kappa shape index (κ2) is 9.59. The van der Waals surface area contributed by atoms with E-state index in [-0.39, 0.29) is 12.3 Å². The number of aromatic nitrogens is 2. The number of carboxylic acids is 1. The van der Waals surface area contributed by atoms with E-state index < -0.39 is 5.97 Å². The number of ether oxygens (including phenoxy) is 1. The van der Waals surface area contributed by atoms with Crippen molar-refractivity contribution < 1.29 is 14.6 Å². The molecule has 6 nitrogen and oxygen atoms in total. The Kier molecular flexibility index (Phi) is 6.21. The van der Waals surface area contributed by atoms with E-state index in [4.69, 9.17) is 9.72 Å². The fraction of sp³-hybridized carbons (Fsp3) is 0.286. The molecule has 4 aromatic rings. The minimum atomic E-state index is -0.820. The summed E-state index contributed by atoms with van der Waals surface area (Å²) in [4.78, 5) is 19.7. The molecule has 1 aliphatic heterocycles. The van der Waals surface area contributed by atoms with E-state index in [0.717, 1.165) is 70.8 Å². The highest BCUT2D eigenvalue weighted by Crippen LogP contribution is 2.32. The van der Waals surface area contributed by atoms with Gasteiger partial charge in [-0.25, -0.2) is 4.98 Å². The van der Waals surface area contributed by atoms with Crippen molar-refractivity contribution in [2.45, 2.75) is 38.5 Å².